The van der Waals surface area contributed by atoms with E-state index in [1.165, 1.54) is 4.88 Å². The lowest BCUT2D eigenvalue weighted by Gasteiger charge is -2.18. The van der Waals surface area contributed by atoms with E-state index in [4.69, 9.17) is 11.6 Å². The molecule has 0 radical (unpaired) electrons. The number of hydrogen-bond acceptors (Lipinski definition) is 3. The van der Waals surface area contributed by atoms with Crippen molar-refractivity contribution in [3.8, 4) is 0 Å². The van der Waals surface area contributed by atoms with E-state index < -0.39 is 0 Å². The normalized spacial score (nSPS) is 12.5. The molecule has 1 unspecified atom stereocenters. The third kappa shape index (κ3) is 6.22. The minimum Gasteiger partial charge on any atom is -0.356 e. The highest BCUT2D eigenvalue weighted by molar-refractivity contribution is 14.0. The van der Waals surface area contributed by atoms with E-state index in [9.17, 15) is 0 Å². The molecule has 1 aromatic heterocycles. The number of nitrogens with one attached hydrogen (secondary N) is 2. The van der Waals surface area contributed by atoms with Crippen LogP contribution in [0.1, 0.15) is 34.1 Å². The van der Waals surface area contributed by atoms with E-state index in [0.717, 1.165) is 40.2 Å². The molecule has 2 N–H and O–H groups in total. The first-order valence-corrected chi connectivity index (χ1v) is 8.84. The summed E-state index contributed by atoms with van der Waals surface area (Å²) < 4.78 is 0. The summed E-state index contributed by atoms with van der Waals surface area (Å²) in [6.07, 6.45) is 0.948. The molecule has 4 nitrogen and oxygen atoms in total. The Morgan fingerprint density at radius 2 is 2.12 bits per heavy atom. The van der Waals surface area contributed by atoms with Gasteiger partial charge in [0.2, 0.25) is 0 Å². The summed E-state index contributed by atoms with van der Waals surface area (Å²) in [6.45, 7) is 7.02. The van der Waals surface area contributed by atoms with Crippen LogP contribution >= 0.6 is 46.9 Å². The maximum absolute atomic E-state index is 6.05. The number of aliphatic imine (C=N–C) groups is 1. The molecule has 2 aromatic rings. The van der Waals surface area contributed by atoms with Crippen molar-refractivity contribution < 1.29 is 0 Å². The molecule has 0 aliphatic heterocycles. The summed E-state index contributed by atoms with van der Waals surface area (Å²) in [5.41, 5.74) is 2.26. The molecule has 24 heavy (non-hydrogen) atoms. The third-order valence-electron chi connectivity index (χ3n) is 3.57. The standard InChI is InChI=1S/C17H23ClN4S.HI/c1-11(14-6-5-7-15(18)10-14)22-17(19-4)20-9-8-16-12(2)21-13(3)23-16;/h5-7,10-11H,8-9H2,1-4H3,(H2,19,20,22);1H. The molecular weight excluding hydrogens is 455 g/mol. The smallest absolute Gasteiger partial charge is 0.191 e. The number of benzene rings is 1. The number of rotatable bonds is 5. The van der Waals surface area contributed by atoms with Gasteiger partial charge in [-0.1, -0.05) is 23.7 Å². The van der Waals surface area contributed by atoms with E-state index in [0.29, 0.717) is 0 Å². The lowest BCUT2D eigenvalue weighted by atomic mass is 10.1. The molecule has 0 aliphatic carbocycles. The fourth-order valence-corrected chi connectivity index (χ4v) is 3.49. The van der Waals surface area contributed by atoms with Gasteiger partial charge in [-0.05, 0) is 38.5 Å². The zero-order chi connectivity index (χ0) is 16.8. The van der Waals surface area contributed by atoms with Crippen LogP contribution in [0.4, 0.5) is 0 Å². The Hall–Kier alpha value is -0.860. The summed E-state index contributed by atoms with van der Waals surface area (Å²) in [4.78, 5) is 10.1. The van der Waals surface area contributed by atoms with Gasteiger partial charge in [-0.2, -0.15) is 0 Å². The fraction of sp³-hybridized carbons (Fsp3) is 0.412. The van der Waals surface area contributed by atoms with Gasteiger partial charge in [-0.15, -0.1) is 35.3 Å². The van der Waals surface area contributed by atoms with Gasteiger partial charge >= 0.3 is 0 Å². The van der Waals surface area contributed by atoms with Crippen LogP contribution in [0.3, 0.4) is 0 Å². The van der Waals surface area contributed by atoms with E-state index >= 15 is 0 Å². The number of hydrogen-bond donors (Lipinski definition) is 2. The Morgan fingerprint density at radius 3 is 2.71 bits per heavy atom. The summed E-state index contributed by atoms with van der Waals surface area (Å²) in [5.74, 6) is 0.788. The van der Waals surface area contributed by atoms with E-state index in [1.807, 2.05) is 25.1 Å². The van der Waals surface area contributed by atoms with E-state index in [2.05, 4.69) is 40.5 Å². The van der Waals surface area contributed by atoms with Gasteiger partial charge in [0.25, 0.3) is 0 Å². The summed E-state index contributed by atoms with van der Waals surface area (Å²) in [5, 5.41) is 8.60. The van der Waals surface area contributed by atoms with Crippen LogP contribution in [0.25, 0.3) is 0 Å². The third-order valence-corrected chi connectivity index (χ3v) is 4.94. The molecule has 0 saturated heterocycles. The van der Waals surface area contributed by atoms with Crippen LogP contribution in [-0.4, -0.2) is 24.5 Å². The Labute approximate surface area is 170 Å². The Kier molecular flexibility index (Phi) is 9.01. The molecule has 1 aromatic carbocycles. The van der Waals surface area contributed by atoms with Crippen molar-refractivity contribution in [1.82, 2.24) is 15.6 Å². The molecule has 1 atom stereocenters. The fourth-order valence-electron chi connectivity index (χ4n) is 2.36. The molecule has 0 aliphatic rings. The Morgan fingerprint density at radius 1 is 1.38 bits per heavy atom. The summed E-state index contributed by atoms with van der Waals surface area (Å²) in [7, 11) is 1.78. The van der Waals surface area contributed by atoms with Crippen molar-refractivity contribution in [1.29, 1.82) is 0 Å². The van der Waals surface area contributed by atoms with Gasteiger partial charge < -0.3 is 10.6 Å². The first kappa shape index (κ1) is 21.2. The number of aryl methyl sites for hydroxylation is 2. The number of aromatic nitrogens is 1. The summed E-state index contributed by atoms with van der Waals surface area (Å²) >= 11 is 7.81. The maximum Gasteiger partial charge on any atom is 0.191 e. The zero-order valence-electron chi connectivity index (χ0n) is 14.4. The van der Waals surface area contributed by atoms with Crippen LogP contribution in [0, 0.1) is 13.8 Å². The summed E-state index contributed by atoms with van der Waals surface area (Å²) in [6, 6.07) is 7.99. The highest BCUT2D eigenvalue weighted by Crippen LogP contribution is 2.18. The molecule has 7 heteroatoms. The molecule has 0 amide bonds. The molecule has 0 fully saturated rings. The van der Waals surface area contributed by atoms with Gasteiger partial charge in [0.1, 0.15) is 0 Å². The van der Waals surface area contributed by atoms with Crippen molar-refractivity contribution in [3.63, 3.8) is 0 Å². The predicted octanol–water partition coefficient (Wildman–Crippen LogP) is 4.50. The van der Waals surface area contributed by atoms with Crippen molar-refractivity contribution in [2.75, 3.05) is 13.6 Å². The molecule has 2 rings (SSSR count). The quantitative estimate of drug-likeness (QED) is 0.378. The first-order chi connectivity index (χ1) is 11.0. The zero-order valence-corrected chi connectivity index (χ0v) is 18.3. The molecule has 0 spiro atoms. The number of guanidine groups is 1. The van der Waals surface area contributed by atoms with Gasteiger partial charge in [0, 0.05) is 29.9 Å². The van der Waals surface area contributed by atoms with Crippen LogP contribution in [0.15, 0.2) is 29.3 Å². The topological polar surface area (TPSA) is 49.3 Å². The Balaban J connectivity index is 0.00000288. The lowest BCUT2D eigenvalue weighted by molar-refractivity contribution is 0.685. The number of halogens is 2. The molecular formula is C17H24ClIN4S. The molecule has 132 valence electrons. The van der Waals surface area contributed by atoms with Crippen molar-refractivity contribution >= 4 is 52.9 Å². The van der Waals surface area contributed by atoms with E-state index in [1.54, 1.807) is 18.4 Å². The van der Waals surface area contributed by atoms with Crippen LogP contribution < -0.4 is 10.6 Å². The van der Waals surface area contributed by atoms with Gasteiger partial charge in [-0.3, -0.25) is 4.99 Å². The average molecular weight is 479 g/mol. The van der Waals surface area contributed by atoms with Crippen molar-refractivity contribution in [2.24, 2.45) is 4.99 Å². The average Bonchev–Trinajstić information content (AvgIpc) is 2.84. The minimum absolute atomic E-state index is 0. The van der Waals surface area contributed by atoms with Crippen molar-refractivity contribution in [2.45, 2.75) is 33.2 Å². The van der Waals surface area contributed by atoms with Crippen molar-refractivity contribution in [3.05, 3.63) is 50.4 Å². The van der Waals surface area contributed by atoms with Crippen LogP contribution in [-0.2, 0) is 6.42 Å². The minimum atomic E-state index is 0. The first-order valence-electron chi connectivity index (χ1n) is 7.65. The van der Waals surface area contributed by atoms with Gasteiger partial charge in [0.05, 0.1) is 16.7 Å². The second-order valence-corrected chi connectivity index (χ2v) is 7.14. The SMILES string of the molecule is CN=C(NCCc1sc(C)nc1C)NC(C)c1cccc(Cl)c1.I. The molecule has 0 bridgehead atoms. The predicted molar refractivity (Wildman–Crippen MR) is 115 cm³/mol. The highest BCUT2D eigenvalue weighted by atomic mass is 127. The molecule has 0 saturated carbocycles. The van der Waals surface area contributed by atoms with E-state index in [-0.39, 0.29) is 30.0 Å². The van der Waals surface area contributed by atoms with Gasteiger partial charge in [0.15, 0.2) is 5.96 Å². The maximum atomic E-state index is 6.05. The number of nitrogens with zero attached hydrogens (tertiary/aromatic N) is 2. The highest BCUT2D eigenvalue weighted by Gasteiger charge is 2.09. The largest absolute Gasteiger partial charge is 0.356 e. The van der Waals surface area contributed by atoms with Crippen LogP contribution in [0.2, 0.25) is 5.02 Å². The van der Waals surface area contributed by atoms with Crippen LogP contribution in [0.5, 0.6) is 0 Å². The van der Waals surface area contributed by atoms with Gasteiger partial charge in [-0.25, -0.2) is 4.98 Å². The number of thiazole rings is 1. The second kappa shape index (κ2) is 10.2. The second-order valence-electron chi connectivity index (χ2n) is 5.41. The monoisotopic (exact) mass is 478 g/mol. The molecule has 1 heterocycles. The Bertz CT molecular complexity index is 687. The lowest BCUT2D eigenvalue weighted by Crippen LogP contribution is -2.39.